The molecule has 4 heteroatoms. The minimum absolute atomic E-state index is 0.0716. The molecule has 2 aromatic rings. The Hall–Kier alpha value is -2.17. The molecule has 0 saturated carbocycles. The molecule has 0 bridgehead atoms. The van der Waals surface area contributed by atoms with Crippen LogP contribution in [-0.2, 0) is 6.54 Å². The molecular formula is C20H24N2O2. The molecule has 1 heterocycles. The molecule has 0 unspecified atom stereocenters. The van der Waals surface area contributed by atoms with Crippen molar-refractivity contribution in [1.82, 2.24) is 9.80 Å². The number of hydrogen-bond acceptors (Lipinski definition) is 4. The van der Waals surface area contributed by atoms with Gasteiger partial charge in [-0.25, -0.2) is 0 Å². The zero-order chi connectivity index (χ0) is 16.9. The summed E-state index contributed by atoms with van der Waals surface area (Å²) in [6, 6.07) is 15.3. The number of likely N-dealkylation sites (N-methyl/N-ethyl adjacent to an activating group) is 1. The summed E-state index contributed by atoms with van der Waals surface area (Å²) in [5.41, 5.74) is 2.59. The second-order valence-corrected chi connectivity index (χ2v) is 6.29. The first-order valence-electron chi connectivity index (χ1n) is 8.35. The van der Waals surface area contributed by atoms with Crippen LogP contribution in [0.15, 0.2) is 48.5 Å². The number of ketones is 1. The topological polar surface area (TPSA) is 32.8 Å². The number of benzene rings is 2. The summed E-state index contributed by atoms with van der Waals surface area (Å²) >= 11 is 0. The molecule has 0 radical (unpaired) electrons. The van der Waals surface area contributed by atoms with E-state index in [0.717, 1.165) is 49.6 Å². The van der Waals surface area contributed by atoms with E-state index in [1.54, 1.807) is 7.11 Å². The third kappa shape index (κ3) is 3.83. The van der Waals surface area contributed by atoms with E-state index in [9.17, 15) is 4.79 Å². The fourth-order valence-electron chi connectivity index (χ4n) is 3.02. The minimum Gasteiger partial charge on any atom is -0.497 e. The van der Waals surface area contributed by atoms with Crippen molar-refractivity contribution in [2.45, 2.75) is 6.54 Å². The Bertz CT molecular complexity index is 689. The van der Waals surface area contributed by atoms with Crippen molar-refractivity contribution in [3.05, 3.63) is 65.2 Å². The number of carbonyl (C=O) groups is 1. The number of hydrogen-bond donors (Lipinski definition) is 0. The summed E-state index contributed by atoms with van der Waals surface area (Å²) < 4.78 is 5.17. The Morgan fingerprint density at radius 3 is 2.33 bits per heavy atom. The van der Waals surface area contributed by atoms with Crippen molar-refractivity contribution in [2.75, 3.05) is 40.3 Å². The lowest BCUT2D eigenvalue weighted by atomic mass is 9.98. The first kappa shape index (κ1) is 16.7. The maximum Gasteiger partial charge on any atom is 0.193 e. The predicted octanol–water partition coefficient (Wildman–Crippen LogP) is 2.67. The highest BCUT2D eigenvalue weighted by Gasteiger charge is 2.18. The predicted molar refractivity (Wildman–Crippen MR) is 95.6 cm³/mol. The van der Waals surface area contributed by atoms with Crippen LogP contribution in [0.4, 0.5) is 0 Å². The van der Waals surface area contributed by atoms with E-state index < -0.39 is 0 Å². The van der Waals surface area contributed by atoms with E-state index in [1.165, 1.54) is 0 Å². The Morgan fingerprint density at radius 1 is 1.00 bits per heavy atom. The van der Waals surface area contributed by atoms with Crippen LogP contribution in [0.1, 0.15) is 21.5 Å². The SMILES string of the molecule is COc1ccc(C(=O)c2ccccc2CN2CCN(C)CC2)cc1. The van der Waals surface area contributed by atoms with Gasteiger partial charge in [0.25, 0.3) is 0 Å². The van der Waals surface area contributed by atoms with Crippen LogP contribution in [0.5, 0.6) is 5.75 Å². The number of rotatable bonds is 5. The summed E-state index contributed by atoms with van der Waals surface area (Å²) in [5, 5.41) is 0. The molecule has 2 aromatic carbocycles. The number of piperazine rings is 1. The van der Waals surface area contributed by atoms with Gasteiger partial charge in [-0.05, 0) is 36.9 Å². The van der Waals surface area contributed by atoms with Gasteiger partial charge >= 0.3 is 0 Å². The molecule has 0 N–H and O–H groups in total. The second-order valence-electron chi connectivity index (χ2n) is 6.29. The Balaban J connectivity index is 1.78. The van der Waals surface area contributed by atoms with E-state index in [4.69, 9.17) is 4.74 Å². The van der Waals surface area contributed by atoms with Gasteiger partial charge in [0.1, 0.15) is 5.75 Å². The third-order valence-electron chi connectivity index (χ3n) is 4.60. The van der Waals surface area contributed by atoms with Crippen LogP contribution in [0.2, 0.25) is 0 Å². The molecule has 0 amide bonds. The summed E-state index contributed by atoms with van der Waals surface area (Å²) in [6.07, 6.45) is 0. The van der Waals surface area contributed by atoms with Crippen LogP contribution in [-0.4, -0.2) is 55.9 Å². The molecule has 0 aliphatic carbocycles. The lowest BCUT2D eigenvalue weighted by Gasteiger charge is -2.32. The fraction of sp³-hybridized carbons (Fsp3) is 0.350. The molecule has 3 rings (SSSR count). The Labute approximate surface area is 143 Å². The average Bonchev–Trinajstić information content (AvgIpc) is 2.63. The molecule has 1 aliphatic rings. The average molecular weight is 324 g/mol. The van der Waals surface area contributed by atoms with E-state index in [-0.39, 0.29) is 5.78 Å². The summed E-state index contributed by atoms with van der Waals surface area (Å²) in [4.78, 5) is 17.6. The van der Waals surface area contributed by atoms with Gasteiger partial charge in [0.15, 0.2) is 5.78 Å². The summed E-state index contributed by atoms with van der Waals surface area (Å²) in [6.45, 7) is 5.07. The van der Waals surface area contributed by atoms with E-state index in [2.05, 4.69) is 22.9 Å². The van der Waals surface area contributed by atoms with Gasteiger partial charge in [-0.2, -0.15) is 0 Å². The molecule has 126 valence electrons. The van der Waals surface area contributed by atoms with E-state index >= 15 is 0 Å². The third-order valence-corrected chi connectivity index (χ3v) is 4.60. The van der Waals surface area contributed by atoms with Gasteiger partial charge in [-0.1, -0.05) is 24.3 Å². The first-order valence-corrected chi connectivity index (χ1v) is 8.35. The quantitative estimate of drug-likeness (QED) is 0.792. The normalized spacial score (nSPS) is 16.1. The summed E-state index contributed by atoms with van der Waals surface area (Å²) in [5.74, 6) is 0.833. The van der Waals surface area contributed by atoms with Gasteiger partial charge in [-0.3, -0.25) is 9.69 Å². The van der Waals surface area contributed by atoms with E-state index in [1.807, 2.05) is 42.5 Å². The monoisotopic (exact) mass is 324 g/mol. The van der Waals surface area contributed by atoms with Crippen molar-refractivity contribution in [3.8, 4) is 5.75 Å². The summed E-state index contributed by atoms with van der Waals surface area (Å²) in [7, 11) is 3.78. The minimum atomic E-state index is 0.0716. The van der Waals surface area contributed by atoms with Crippen LogP contribution >= 0.6 is 0 Å². The highest BCUT2D eigenvalue weighted by Crippen LogP contribution is 2.19. The van der Waals surface area contributed by atoms with Crippen molar-refractivity contribution >= 4 is 5.78 Å². The fourth-order valence-corrected chi connectivity index (χ4v) is 3.02. The zero-order valence-electron chi connectivity index (χ0n) is 14.4. The van der Waals surface area contributed by atoms with Gasteiger partial charge in [0.2, 0.25) is 0 Å². The molecule has 1 aliphatic heterocycles. The number of ether oxygens (including phenoxy) is 1. The lowest BCUT2D eigenvalue weighted by molar-refractivity contribution is 0.103. The van der Waals surface area contributed by atoms with Crippen molar-refractivity contribution in [1.29, 1.82) is 0 Å². The van der Waals surface area contributed by atoms with Crippen LogP contribution < -0.4 is 4.74 Å². The molecule has 1 saturated heterocycles. The second kappa shape index (κ2) is 7.60. The zero-order valence-corrected chi connectivity index (χ0v) is 14.4. The van der Waals surface area contributed by atoms with E-state index in [0.29, 0.717) is 5.56 Å². The lowest BCUT2D eigenvalue weighted by Crippen LogP contribution is -2.44. The molecule has 4 nitrogen and oxygen atoms in total. The molecule has 0 atom stereocenters. The number of nitrogens with zero attached hydrogens (tertiary/aromatic N) is 2. The van der Waals surface area contributed by atoms with Crippen LogP contribution in [0.3, 0.4) is 0 Å². The molecule has 24 heavy (non-hydrogen) atoms. The van der Waals surface area contributed by atoms with Crippen LogP contribution in [0, 0.1) is 0 Å². The molecular weight excluding hydrogens is 300 g/mol. The van der Waals surface area contributed by atoms with Crippen molar-refractivity contribution in [3.63, 3.8) is 0 Å². The molecule has 1 fully saturated rings. The van der Waals surface area contributed by atoms with Crippen molar-refractivity contribution < 1.29 is 9.53 Å². The number of carbonyl (C=O) groups excluding carboxylic acids is 1. The molecule has 0 spiro atoms. The maximum atomic E-state index is 12.9. The highest BCUT2D eigenvalue weighted by molar-refractivity contribution is 6.09. The highest BCUT2D eigenvalue weighted by atomic mass is 16.5. The molecule has 0 aromatic heterocycles. The maximum absolute atomic E-state index is 12.9. The number of methoxy groups -OCH3 is 1. The standard InChI is InChI=1S/C20H24N2O2/c1-21-11-13-22(14-12-21)15-17-5-3-4-6-19(17)20(23)16-7-9-18(24-2)10-8-16/h3-10H,11-15H2,1-2H3. The Morgan fingerprint density at radius 2 is 1.67 bits per heavy atom. The largest absolute Gasteiger partial charge is 0.497 e. The van der Waals surface area contributed by atoms with Crippen LogP contribution in [0.25, 0.3) is 0 Å². The smallest absolute Gasteiger partial charge is 0.193 e. The van der Waals surface area contributed by atoms with Gasteiger partial charge in [0.05, 0.1) is 7.11 Å². The van der Waals surface area contributed by atoms with Gasteiger partial charge in [0, 0.05) is 43.9 Å². The van der Waals surface area contributed by atoms with Gasteiger partial charge in [-0.15, -0.1) is 0 Å². The van der Waals surface area contributed by atoms with Crippen molar-refractivity contribution in [2.24, 2.45) is 0 Å². The first-order chi connectivity index (χ1) is 11.7. The van der Waals surface area contributed by atoms with Gasteiger partial charge < -0.3 is 9.64 Å². The Kier molecular flexibility index (Phi) is 5.28.